The molecule has 7 heteroatoms. The third-order valence-electron chi connectivity index (χ3n) is 4.98. The first kappa shape index (κ1) is 20.5. The lowest BCUT2D eigenvalue weighted by molar-refractivity contribution is 0.261. The molecule has 0 spiro atoms. The predicted octanol–water partition coefficient (Wildman–Crippen LogP) is 5.17. The first-order chi connectivity index (χ1) is 13.9. The minimum Gasteiger partial charge on any atom is -0.307 e. The van der Waals surface area contributed by atoms with Crippen molar-refractivity contribution in [3.8, 4) is 0 Å². The summed E-state index contributed by atoms with van der Waals surface area (Å²) in [6.07, 6.45) is 0. The number of amides is 2. The van der Waals surface area contributed by atoms with Crippen molar-refractivity contribution >= 4 is 17.7 Å². The molecule has 3 aromatic rings. The highest BCUT2D eigenvalue weighted by molar-refractivity contribution is 6.00. The number of urea groups is 1. The second-order valence-electron chi connectivity index (χ2n) is 7.73. The number of carbonyl (C=O) groups is 1. The van der Waals surface area contributed by atoms with Crippen LogP contribution in [0.15, 0.2) is 48.5 Å². The van der Waals surface area contributed by atoms with Gasteiger partial charge in [-0.25, -0.2) is 9.48 Å². The van der Waals surface area contributed by atoms with Crippen LogP contribution >= 0.6 is 0 Å². The Bertz CT molecular complexity index is 938. The Labute approximate surface area is 171 Å². The van der Waals surface area contributed by atoms with E-state index in [9.17, 15) is 4.79 Å². The second kappa shape index (κ2) is 8.86. The van der Waals surface area contributed by atoms with Crippen molar-refractivity contribution in [2.45, 2.75) is 52.5 Å². The maximum Gasteiger partial charge on any atom is 0.326 e. The van der Waals surface area contributed by atoms with Gasteiger partial charge in [0.2, 0.25) is 0 Å². The molecule has 0 radical (unpaired) electrons. The Morgan fingerprint density at radius 1 is 0.862 bits per heavy atom. The van der Waals surface area contributed by atoms with E-state index in [0.717, 1.165) is 22.4 Å². The van der Waals surface area contributed by atoms with Gasteiger partial charge in [-0.05, 0) is 45.9 Å². The zero-order chi connectivity index (χ0) is 21.0. The molecule has 2 aromatic carbocycles. The third kappa shape index (κ3) is 4.62. The van der Waals surface area contributed by atoms with Crippen molar-refractivity contribution in [3.05, 3.63) is 65.2 Å². The number of anilines is 2. The van der Waals surface area contributed by atoms with Crippen LogP contribution in [0, 0.1) is 0 Å². The van der Waals surface area contributed by atoms with Crippen LogP contribution in [0.4, 0.5) is 16.4 Å². The molecule has 2 amide bonds. The molecule has 7 nitrogen and oxygen atoms in total. The molecule has 1 heterocycles. The lowest BCUT2D eigenvalue weighted by Crippen LogP contribution is -2.25. The molecule has 1 atom stereocenters. The summed E-state index contributed by atoms with van der Waals surface area (Å²) in [6.45, 7) is 10.4. The van der Waals surface area contributed by atoms with Gasteiger partial charge in [0.25, 0.3) is 5.95 Å². The number of hydrogen-bond donors (Lipinski definition) is 2. The lowest BCUT2D eigenvalue weighted by atomic mass is 9.93. The highest BCUT2D eigenvalue weighted by Crippen LogP contribution is 2.32. The molecular formula is C22H28N6O. The first-order valence-electron chi connectivity index (χ1n) is 9.92. The lowest BCUT2D eigenvalue weighted by Gasteiger charge is -2.20. The van der Waals surface area contributed by atoms with E-state index in [0.29, 0.717) is 5.95 Å². The average Bonchev–Trinajstić information content (AvgIpc) is 3.15. The number of hydrogen-bond acceptors (Lipinski definition) is 4. The normalized spacial score (nSPS) is 12.2. The van der Waals surface area contributed by atoms with Gasteiger partial charge in [-0.15, -0.1) is 0 Å². The van der Waals surface area contributed by atoms with E-state index in [1.165, 1.54) is 0 Å². The Hall–Kier alpha value is -3.22. The first-order valence-corrected chi connectivity index (χ1v) is 9.92. The van der Waals surface area contributed by atoms with Crippen molar-refractivity contribution in [2.24, 2.45) is 0 Å². The van der Waals surface area contributed by atoms with Crippen molar-refractivity contribution in [3.63, 3.8) is 0 Å². The number of aromatic nitrogens is 4. The highest BCUT2D eigenvalue weighted by atomic mass is 16.2. The zero-order valence-electron chi connectivity index (χ0n) is 17.5. The van der Waals surface area contributed by atoms with Crippen LogP contribution < -0.4 is 10.6 Å². The second-order valence-corrected chi connectivity index (χ2v) is 7.73. The van der Waals surface area contributed by atoms with E-state index in [4.69, 9.17) is 0 Å². The molecule has 29 heavy (non-hydrogen) atoms. The Morgan fingerprint density at radius 2 is 1.48 bits per heavy atom. The van der Waals surface area contributed by atoms with Crippen molar-refractivity contribution < 1.29 is 4.79 Å². The predicted molar refractivity (Wildman–Crippen MR) is 115 cm³/mol. The standard InChI is InChI=1S/C22H28N6O/c1-14(2)18-12-9-13-19(15(3)4)20(18)23-22(29)24-21-25-26-27-28(21)16(5)17-10-7-6-8-11-17/h6-16H,1-5H3,(H2,23,24,25,27,29). The summed E-state index contributed by atoms with van der Waals surface area (Å²) in [4.78, 5) is 12.8. The summed E-state index contributed by atoms with van der Waals surface area (Å²) in [5, 5.41) is 17.6. The van der Waals surface area contributed by atoms with E-state index < -0.39 is 0 Å². The van der Waals surface area contributed by atoms with Gasteiger partial charge in [-0.2, -0.15) is 0 Å². The van der Waals surface area contributed by atoms with E-state index in [-0.39, 0.29) is 23.9 Å². The summed E-state index contributed by atoms with van der Waals surface area (Å²) in [5.74, 6) is 0.867. The molecular weight excluding hydrogens is 364 g/mol. The minimum absolute atomic E-state index is 0.115. The van der Waals surface area contributed by atoms with E-state index in [1.54, 1.807) is 4.68 Å². The smallest absolute Gasteiger partial charge is 0.307 e. The van der Waals surface area contributed by atoms with Crippen LogP contribution in [0.3, 0.4) is 0 Å². The molecule has 0 aliphatic carbocycles. The van der Waals surface area contributed by atoms with Crippen molar-refractivity contribution in [2.75, 3.05) is 10.6 Å². The van der Waals surface area contributed by atoms with Gasteiger partial charge in [0, 0.05) is 5.69 Å². The fourth-order valence-corrected chi connectivity index (χ4v) is 3.35. The molecule has 0 aliphatic heterocycles. The van der Waals surface area contributed by atoms with Gasteiger partial charge in [0.05, 0.1) is 6.04 Å². The Balaban J connectivity index is 1.82. The van der Waals surface area contributed by atoms with E-state index in [2.05, 4.69) is 53.9 Å². The van der Waals surface area contributed by atoms with Gasteiger partial charge in [-0.3, -0.25) is 5.32 Å². The Morgan fingerprint density at radius 3 is 2.07 bits per heavy atom. The van der Waals surface area contributed by atoms with Crippen molar-refractivity contribution in [1.29, 1.82) is 0 Å². The van der Waals surface area contributed by atoms with Crippen LogP contribution in [-0.4, -0.2) is 26.2 Å². The third-order valence-corrected chi connectivity index (χ3v) is 4.98. The fourth-order valence-electron chi connectivity index (χ4n) is 3.35. The maximum absolute atomic E-state index is 12.8. The molecule has 0 bridgehead atoms. The fraction of sp³-hybridized carbons (Fsp3) is 0.364. The largest absolute Gasteiger partial charge is 0.326 e. The average molecular weight is 393 g/mol. The number of tetrazole rings is 1. The summed E-state index contributed by atoms with van der Waals surface area (Å²) in [5.41, 5.74) is 4.10. The van der Waals surface area contributed by atoms with E-state index >= 15 is 0 Å². The number of para-hydroxylation sites is 1. The van der Waals surface area contributed by atoms with Gasteiger partial charge < -0.3 is 5.32 Å². The molecule has 1 unspecified atom stereocenters. The Kier molecular flexibility index (Phi) is 6.26. The van der Waals surface area contributed by atoms with Crippen LogP contribution in [0.2, 0.25) is 0 Å². The van der Waals surface area contributed by atoms with Gasteiger partial charge in [-0.1, -0.05) is 81.3 Å². The molecule has 152 valence electrons. The molecule has 0 aliphatic rings. The van der Waals surface area contributed by atoms with Crippen LogP contribution in [-0.2, 0) is 0 Å². The number of carbonyl (C=O) groups excluding carboxylic acids is 1. The topological polar surface area (TPSA) is 84.7 Å². The molecule has 2 N–H and O–H groups in total. The number of benzene rings is 2. The summed E-state index contributed by atoms with van der Waals surface area (Å²) in [6, 6.07) is 15.6. The van der Waals surface area contributed by atoms with E-state index in [1.807, 2.05) is 55.5 Å². The van der Waals surface area contributed by atoms with Gasteiger partial charge in [0.1, 0.15) is 0 Å². The highest BCUT2D eigenvalue weighted by Gasteiger charge is 2.19. The minimum atomic E-state index is -0.365. The van der Waals surface area contributed by atoms with Gasteiger partial charge >= 0.3 is 6.03 Å². The number of rotatable bonds is 6. The summed E-state index contributed by atoms with van der Waals surface area (Å²) >= 11 is 0. The van der Waals surface area contributed by atoms with Crippen molar-refractivity contribution in [1.82, 2.24) is 20.2 Å². The quantitative estimate of drug-likeness (QED) is 0.606. The zero-order valence-corrected chi connectivity index (χ0v) is 17.5. The van der Waals surface area contributed by atoms with Gasteiger partial charge in [0.15, 0.2) is 0 Å². The number of nitrogens with zero attached hydrogens (tertiary/aromatic N) is 4. The number of nitrogens with one attached hydrogen (secondary N) is 2. The van der Waals surface area contributed by atoms with Crippen LogP contribution in [0.5, 0.6) is 0 Å². The maximum atomic E-state index is 12.8. The molecule has 0 saturated heterocycles. The molecule has 3 rings (SSSR count). The molecule has 1 aromatic heterocycles. The SMILES string of the molecule is CC(C)c1cccc(C(C)C)c1NC(=O)Nc1nnnn1C(C)c1ccccc1. The van der Waals surface area contributed by atoms with Crippen LogP contribution in [0.25, 0.3) is 0 Å². The summed E-state index contributed by atoms with van der Waals surface area (Å²) < 4.78 is 1.60. The van der Waals surface area contributed by atoms with Crippen LogP contribution in [0.1, 0.15) is 69.2 Å². The monoisotopic (exact) mass is 392 g/mol. The molecule has 0 saturated carbocycles. The molecule has 0 fully saturated rings. The summed E-state index contributed by atoms with van der Waals surface area (Å²) in [7, 11) is 0.